The van der Waals surface area contributed by atoms with E-state index in [4.69, 9.17) is 11.6 Å². The standard InChI is InChI=1S/C25H20ClFN2S/c26-20-7-3-1-5-16(20)18-14-28-25(11-12-30-22-10-9-15(27)13-19(22)25)24-23(18)17-6-2-4-8-21(17)29-24/h1-10,13,18,28-29H,11-12,14H2/t18-,25-/m1/s1. The number of fused-ring (bicyclic) bond motifs is 6. The molecule has 30 heavy (non-hydrogen) atoms. The highest BCUT2D eigenvalue weighted by atomic mass is 35.5. The minimum atomic E-state index is -0.422. The van der Waals surface area contributed by atoms with Gasteiger partial charge in [0.1, 0.15) is 5.82 Å². The van der Waals surface area contributed by atoms with Gasteiger partial charge in [-0.25, -0.2) is 4.39 Å². The third kappa shape index (κ3) is 2.60. The highest BCUT2D eigenvalue weighted by Crippen LogP contribution is 2.51. The van der Waals surface area contributed by atoms with Gasteiger partial charge in [-0.05, 0) is 53.4 Å². The summed E-state index contributed by atoms with van der Waals surface area (Å²) in [5.41, 5.74) is 5.26. The van der Waals surface area contributed by atoms with Gasteiger partial charge in [-0.3, -0.25) is 0 Å². The molecule has 1 spiro atoms. The molecule has 1 aromatic heterocycles. The normalized spacial score (nSPS) is 22.8. The van der Waals surface area contributed by atoms with Gasteiger partial charge in [0.2, 0.25) is 0 Å². The van der Waals surface area contributed by atoms with Gasteiger partial charge >= 0.3 is 0 Å². The fraction of sp³-hybridized carbons (Fsp3) is 0.200. The lowest BCUT2D eigenvalue weighted by atomic mass is 9.74. The smallest absolute Gasteiger partial charge is 0.123 e. The molecule has 6 rings (SSSR count). The lowest BCUT2D eigenvalue weighted by Crippen LogP contribution is -2.51. The maximum Gasteiger partial charge on any atom is 0.123 e. The van der Waals surface area contributed by atoms with E-state index in [-0.39, 0.29) is 11.7 Å². The molecule has 0 aliphatic carbocycles. The minimum absolute atomic E-state index is 0.127. The Morgan fingerprint density at radius 3 is 2.77 bits per heavy atom. The van der Waals surface area contributed by atoms with Crippen molar-refractivity contribution in [2.24, 2.45) is 0 Å². The predicted octanol–water partition coefficient (Wildman–Crippen LogP) is 6.43. The molecule has 2 aliphatic rings. The van der Waals surface area contributed by atoms with E-state index in [0.29, 0.717) is 0 Å². The Bertz CT molecular complexity index is 1280. The molecule has 2 nitrogen and oxygen atoms in total. The summed E-state index contributed by atoms with van der Waals surface area (Å²) in [4.78, 5) is 4.87. The van der Waals surface area contributed by atoms with Crippen molar-refractivity contribution < 1.29 is 4.39 Å². The summed E-state index contributed by atoms with van der Waals surface area (Å²) in [6, 6.07) is 21.7. The number of nitrogens with one attached hydrogen (secondary N) is 2. The number of benzene rings is 3. The fourth-order valence-corrected chi connectivity index (χ4v) is 6.65. The Kier molecular flexibility index (Phi) is 4.24. The van der Waals surface area contributed by atoms with Gasteiger partial charge in [0, 0.05) is 44.7 Å². The summed E-state index contributed by atoms with van der Waals surface area (Å²) in [6.07, 6.45) is 0.906. The van der Waals surface area contributed by atoms with Crippen LogP contribution in [0.2, 0.25) is 5.02 Å². The zero-order valence-corrected chi connectivity index (χ0v) is 17.8. The van der Waals surface area contributed by atoms with Gasteiger partial charge < -0.3 is 10.3 Å². The molecule has 0 radical (unpaired) electrons. The first-order chi connectivity index (χ1) is 14.7. The van der Waals surface area contributed by atoms with Gasteiger partial charge in [0.15, 0.2) is 0 Å². The van der Waals surface area contributed by atoms with Gasteiger partial charge in [-0.1, -0.05) is 48.0 Å². The van der Waals surface area contributed by atoms with E-state index >= 15 is 0 Å². The summed E-state index contributed by atoms with van der Waals surface area (Å²) in [6.45, 7) is 0.749. The number of thioether (sulfide) groups is 1. The average molecular weight is 435 g/mol. The van der Waals surface area contributed by atoms with Crippen LogP contribution in [0, 0.1) is 5.82 Å². The topological polar surface area (TPSA) is 27.8 Å². The minimum Gasteiger partial charge on any atom is -0.356 e. The molecule has 3 aromatic carbocycles. The monoisotopic (exact) mass is 434 g/mol. The van der Waals surface area contributed by atoms with E-state index in [1.165, 1.54) is 10.9 Å². The van der Waals surface area contributed by atoms with Crippen LogP contribution in [0.3, 0.4) is 0 Å². The first-order valence-corrected chi connectivity index (χ1v) is 11.6. The maximum absolute atomic E-state index is 14.3. The number of halogens is 2. The van der Waals surface area contributed by atoms with E-state index in [2.05, 4.69) is 40.6 Å². The van der Waals surface area contributed by atoms with Crippen molar-refractivity contribution in [2.45, 2.75) is 22.8 Å². The number of aromatic amines is 1. The lowest BCUT2D eigenvalue weighted by Gasteiger charge is -2.45. The number of hydrogen-bond acceptors (Lipinski definition) is 2. The highest BCUT2D eigenvalue weighted by Gasteiger charge is 2.46. The maximum atomic E-state index is 14.3. The molecule has 0 saturated carbocycles. The zero-order chi connectivity index (χ0) is 20.3. The molecule has 0 fully saturated rings. The molecule has 0 saturated heterocycles. The second-order valence-corrected chi connectivity index (χ2v) is 9.60. The van der Waals surface area contributed by atoms with Crippen molar-refractivity contribution >= 4 is 34.3 Å². The molecular weight excluding hydrogens is 415 g/mol. The van der Waals surface area contributed by atoms with Crippen LogP contribution in [0.4, 0.5) is 4.39 Å². The molecule has 2 N–H and O–H groups in total. The van der Waals surface area contributed by atoms with Gasteiger partial charge in [0.25, 0.3) is 0 Å². The van der Waals surface area contributed by atoms with Crippen LogP contribution in [0.25, 0.3) is 10.9 Å². The average Bonchev–Trinajstić information content (AvgIpc) is 3.16. The fourth-order valence-electron chi connectivity index (χ4n) is 5.21. The van der Waals surface area contributed by atoms with Crippen molar-refractivity contribution in [1.29, 1.82) is 0 Å². The Morgan fingerprint density at radius 1 is 1.03 bits per heavy atom. The summed E-state index contributed by atoms with van der Waals surface area (Å²) < 4.78 is 14.3. The quantitative estimate of drug-likeness (QED) is 0.361. The lowest BCUT2D eigenvalue weighted by molar-refractivity contribution is 0.339. The predicted molar refractivity (Wildman–Crippen MR) is 122 cm³/mol. The van der Waals surface area contributed by atoms with Gasteiger partial charge in [-0.15, -0.1) is 11.8 Å². The zero-order valence-electron chi connectivity index (χ0n) is 16.2. The van der Waals surface area contributed by atoms with Crippen LogP contribution < -0.4 is 5.32 Å². The van der Waals surface area contributed by atoms with Crippen molar-refractivity contribution in [3.63, 3.8) is 0 Å². The largest absolute Gasteiger partial charge is 0.356 e. The molecule has 5 heteroatoms. The van der Waals surface area contributed by atoms with E-state index in [9.17, 15) is 4.39 Å². The Balaban J connectivity index is 1.65. The third-order valence-electron chi connectivity index (χ3n) is 6.55. The molecule has 3 heterocycles. The van der Waals surface area contributed by atoms with E-state index in [0.717, 1.165) is 51.0 Å². The third-order valence-corrected chi connectivity index (χ3v) is 7.97. The molecule has 0 amide bonds. The first kappa shape index (κ1) is 18.5. The van der Waals surface area contributed by atoms with Crippen LogP contribution >= 0.6 is 23.4 Å². The summed E-state index contributed by atoms with van der Waals surface area (Å²) >= 11 is 8.44. The molecule has 4 aromatic rings. The number of hydrogen-bond donors (Lipinski definition) is 2. The Labute approximate surface area is 183 Å². The van der Waals surface area contributed by atoms with Crippen LogP contribution in [-0.2, 0) is 5.54 Å². The summed E-state index contributed by atoms with van der Waals surface area (Å²) in [7, 11) is 0. The van der Waals surface area contributed by atoms with Crippen molar-refractivity contribution in [2.75, 3.05) is 12.3 Å². The second kappa shape index (κ2) is 6.88. The van der Waals surface area contributed by atoms with E-state index in [1.807, 2.05) is 24.3 Å². The van der Waals surface area contributed by atoms with Gasteiger partial charge in [0.05, 0.1) is 5.54 Å². The molecule has 150 valence electrons. The highest BCUT2D eigenvalue weighted by molar-refractivity contribution is 7.99. The number of aromatic nitrogens is 1. The summed E-state index contributed by atoms with van der Waals surface area (Å²) in [5, 5.41) is 5.84. The molecule has 0 bridgehead atoms. The van der Waals surface area contributed by atoms with Crippen molar-refractivity contribution in [3.05, 3.63) is 100.0 Å². The molecule has 0 unspecified atom stereocenters. The van der Waals surface area contributed by atoms with Crippen LogP contribution in [0.5, 0.6) is 0 Å². The Morgan fingerprint density at radius 2 is 1.87 bits per heavy atom. The van der Waals surface area contributed by atoms with Crippen molar-refractivity contribution in [3.8, 4) is 0 Å². The van der Waals surface area contributed by atoms with Gasteiger partial charge in [-0.2, -0.15) is 0 Å². The Hall–Kier alpha value is -2.27. The molecule has 2 atom stereocenters. The van der Waals surface area contributed by atoms with Crippen LogP contribution in [0.1, 0.15) is 34.7 Å². The number of rotatable bonds is 1. The number of para-hydroxylation sites is 1. The van der Waals surface area contributed by atoms with Crippen LogP contribution in [0.15, 0.2) is 71.6 Å². The second-order valence-electron chi connectivity index (χ2n) is 8.06. The molecular formula is C25H20ClFN2S. The summed E-state index contributed by atoms with van der Waals surface area (Å²) in [5.74, 6) is 0.919. The SMILES string of the molecule is Fc1ccc2c(c1)[C@@]1(CCS2)NC[C@H](c2ccccc2Cl)c2c1[nH]c1ccccc21. The molecule has 2 aliphatic heterocycles. The number of H-pyrrole nitrogens is 1. The van der Waals surface area contributed by atoms with Crippen molar-refractivity contribution in [1.82, 2.24) is 10.3 Å². The van der Waals surface area contributed by atoms with Crippen LogP contribution in [-0.4, -0.2) is 17.3 Å². The van der Waals surface area contributed by atoms with E-state index in [1.54, 1.807) is 23.9 Å². The first-order valence-electron chi connectivity index (χ1n) is 10.2. The van der Waals surface area contributed by atoms with E-state index < -0.39 is 5.54 Å².